The third-order valence-corrected chi connectivity index (χ3v) is 3.79. The smallest absolute Gasteiger partial charge is 0.340 e. The van der Waals surface area contributed by atoms with Gasteiger partial charge >= 0.3 is 5.97 Å². The Kier molecular flexibility index (Phi) is 4.93. The number of rotatable bonds is 4. The lowest BCUT2D eigenvalue weighted by molar-refractivity contribution is -0.116. The number of nitrogens with one attached hydrogen (secondary N) is 1. The number of ether oxygens (including phenoxy) is 1. The van der Waals surface area contributed by atoms with E-state index in [9.17, 15) is 23.2 Å². The van der Waals surface area contributed by atoms with E-state index in [-0.39, 0.29) is 0 Å². The zero-order valence-corrected chi connectivity index (χ0v) is 14.0. The minimum Gasteiger partial charge on any atom is -0.465 e. The molecule has 9 heteroatoms. The van der Waals surface area contributed by atoms with Crippen LogP contribution in [0.1, 0.15) is 10.4 Å². The number of esters is 1. The molecule has 7 nitrogen and oxygen atoms in total. The summed E-state index contributed by atoms with van der Waals surface area (Å²) in [4.78, 5) is 39.8. The number of anilines is 1. The van der Waals surface area contributed by atoms with E-state index < -0.39 is 46.9 Å². The van der Waals surface area contributed by atoms with E-state index in [0.717, 1.165) is 19.4 Å². The highest BCUT2D eigenvalue weighted by atomic mass is 19.1. The second-order valence-electron chi connectivity index (χ2n) is 5.52. The first-order valence-electron chi connectivity index (χ1n) is 7.72. The molecule has 0 atom stereocenters. The molecule has 0 radical (unpaired) electrons. The lowest BCUT2D eigenvalue weighted by Crippen LogP contribution is -2.28. The highest BCUT2D eigenvalue weighted by Crippen LogP contribution is 2.20. The number of amides is 1. The van der Waals surface area contributed by atoms with Crippen LogP contribution in [0.4, 0.5) is 14.5 Å². The van der Waals surface area contributed by atoms with Crippen LogP contribution < -0.4 is 10.9 Å². The minimum absolute atomic E-state index is 0.409. The molecule has 138 valence electrons. The molecular formula is C18H13F2N3O4. The molecule has 27 heavy (non-hydrogen) atoms. The van der Waals surface area contributed by atoms with Crippen molar-refractivity contribution in [1.82, 2.24) is 9.55 Å². The van der Waals surface area contributed by atoms with Crippen LogP contribution in [0.15, 0.2) is 47.4 Å². The van der Waals surface area contributed by atoms with Crippen molar-refractivity contribution in [2.75, 3.05) is 12.4 Å². The van der Waals surface area contributed by atoms with E-state index in [4.69, 9.17) is 0 Å². The van der Waals surface area contributed by atoms with Crippen molar-refractivity contribution in [3.05, 3.63) is 70.1 Å². The summed E-state index contributed by atoms with van der Waals surface area (Å²) < 4.78 is 33.2. The molecule has 0 fully saturated rings. The molecule has 0 saturated heterocycles. The summed E-state index contributed by atoms with van der Waals surface area (Å²) in [6.07, 6.45) is 1.07. The van der Waals surface area contributed by atoms with E-state index in [1.165, 1.54) is 4.57 Å². The molecule has 0 aliphatic rings. The van der Waals surface area contributed by atoms with Crippen molar-refractivity contribution in [2.45, 2.75) is 6.54 Å². The van der Waals surface area contributed by atoms with E-state index in [0.29, 0.717) is 17.1 Å². The summed E-state index contributed by atoms with van der Waals surface area (Å²) in [5, 5.41) is 2.23. The fourth-order valence-corrected chi connectivity index (χ4v) is 2.52. The normalized spacial score (nSPS) is 10.6. The number of aromatic nitrogens is 2. The van der Waals surface area contributed by atoms with Crippen LogP contribution in [-0.4, -0.2) is 28.5 Å². The maximum Gasteiger partial charge on any atom is 0.340 e. The number of carbonyl (C=O) groups excluding carboxylic acids is 2. The largest absolute Gasteiger partial charge is 0.465 e. The van der Waals surface area contributed by atoms with Gasteiger partial charge in [0.1, 0.15) is 18.2 Å². The fraction of sp³-hybridized carbons (Fsp3) is 0.111. The van der Waals surface area contributed by atoms with Crippen molar-refractivity contribution in [3.8, 4) is 0 Å². The SMILES string of the molecule is COC(=O)c1cc(NC(=O)Cn2c(=O)cnc3ccccc32)c(F)cc1F. The summed E-state index contributed by atoms with van der Waals surface area (Å²) >= 11 is 0. The standard InChI is InChI=1S/C18H13F2N3O4/c1-27-18(26)10-6-14(12(20)7-11(10)19)22-16(24)9-23-15-5-3-2-4-13(15)21-8-17(23)25/h2-8H,9H2,1H3,(H,22,24). The first-order chi connectivity index (χ1) is 12.9. The molecule has 3 rings (SSSR count). The average Bonchev–Trinajstić information content (AvgIpc) is 2.65. The van der Waals surface area contributed by atoms with Gasteiger partial charge in [0.05, 0.1) is 35.6 Å². The molecule has 1 aromatic heterocycles. The number of halogens is 2. The molecule has 0 bridgehead atoms. The Bertz CT molecular complexity index is 1110. The zero-order chi connectivity index (χ0) is 19.6. The molecule has 3 aromatic rings. The maximum atomic E-state index is 13.9. The number of hydrogen-bond acceptors (Lipinski definition) is 5. The van der Waals surface area contributed by atoms with Crippen molar-refractivity contribution < 1.29 is 23.1 Å². The van der Waals surface area contributed by atoms with Gasteiger partial charge in [0.2, 0.25) is 5.91 Å². The Hall–Kier alpha value is -3.62. The molecule has 0 aliphatic heterocycles. The lowest BCUT2D eigenvalue weighted by atomic mass is 10.1. The third-order valence-electron chi connectivity index (χ3n) is 3.79. The third kappa shape index (κ3) is 3.66. The van der Waals surface area contributed by atoms with E-state index in [1.807, 2.05) is 0 Å². The molecule has 2 aromatic carbocycles. The van der Waals surface area contributed by atoms with Crippen LogP contribution in [0.5, 0.6) is 0 Å². The molecule has 1 amide bonds. The van der Waals surface area contributed by atoms with Gasteiger partial charge in [0.15, 0.2) is 0 Å². The average molecular weight is 373 g/mol. The first kappa shape index (κ1) is 18.2. The van der Waals surface area contributed by atoms with Gasteiger partial charge in [-0.05, 0) is 18.2 Å². The van der Waals surface area contributed by atoms with E-state index in [1.54, 1.807) is 24.3 Å². The monoisotopic (exact) mass is 373 g/mol. The van der Waals surface area contributed by atoms with Crippen molar-refractivity contribution in [2.24, 2.45) is 0 Å². The summed E-state index contributed by atoms with van der Waals surface area (Å²) in [6, 6.07) is 8.00. The van der Waals surface area contributed by atoms with Gasteiger partial charge in [-0.3, -0.25) is 14.2 Å². The van der Waals surface area contributed by atoms with Crippen molar-refractivity contribution >= 4 is 28.6 Å². The second-order valence-corrected chi connectivity index (χ2v) is 5.52. The summed E-state index contributed by atoms with van der Waals surface area (Å²) in [5.74, 6) is -3.94. The van der Waals surface area contributed by atoms with Gasteiger partial charge in [-0.15, -0.1) is 0 Å². The Morgan fingerprint density at radius 3 is 2.67 bits per heavy atom. The zero-order valence-electron chi connectivity index (χ0n) is 14.0. The van der Waals surface area contributed by atoms with Gasteiger partial charge < -0.3 is 10.1 Å². The Balaban J connectivity index is 1.90. The number of nitrogens with zero attached hydrogens (tertiary/aromatic N) is 2. The molecule has 0 spiro atoms. The second kappa shape index (κ2) is 7.32. The summed E-state index contributed by atoms with van der Waals surface area (Å²) in [6.45, 7) is -0.424. The number of hydrogen-bond donors (Lipinski definition) is 1. The van der Waals surface area contributed by atoms with Crippen LogP contribution in [-0.2, 0) is 16.1 Å². The highest BCUT2D eigenvalue weighted by Gasteiger charge is 2.18. The fourth-order valence-electron chi connectivity index (χ4n) is 2.52. The van der Waals surface area contributed by atoms with Gasteiger partial charge in [0, 0.05) is 6.07 Å². The lowest BCUT2D eigenvalue weighted by Gasteiger charge is -2.11. The van der Waals surface area contributed by atoms with Gasteiger partial charge in [-0.2, -0.15) is 0 Å². The van der Waals surface area contributed by atoms with Crippen LogP contribution in [0.3, 0.4) is 0 Å². The first-order valence-corrected chi connectivity index (χ1v) is 7.72. The Morgan fingerprint density at radius 1 is 1.19 bits per heavy atom. The van der Waals surface area contributed by atoms with Gasteiger partial charge in [0.25, 0.3) is 5.56 Å². The highest BCUT2D eigenvalue weighted by molar-refractivity contribution is 5.95. The number of methoxy groups -OCH3 is 1. The number of carbonyl (C=O) groups is 2. The number of fused-ring (bicyclic) bond motifs is 1. The molecule has 1 heterocycles. The van der Waals surface area contributed by atoms with Crippen LogP contribution in [0.25, 0.3) is 11.0 Å². The molecular weight excluding hydrogens is 360 g/mol. The molecule has 1 N–H and O–H groups in total. The predicted octanol–water partition coefficient (Wildman–Crippen LogP) is 2.10. The summed E-state index contributed by atoms with van der Waals surface area (Å²) in [5.41, 5.74) is -0.520. The summed E-state index contributed by atoms with van der Waals surface area (Å²) in [7, 11) is 1.05. The van der Waals surface area contributed by atoms with Crippen LogP contribution in [0.2, 0.25) is 0 Å². The maximum absolute atomic E-state index is 13.9. The molecule has 0 aliphatic carbocycles. The number of para-hydroxylation sites is 2. The molecule has 0 saturated carbocycles. The minimum atomic E-state index is -1.12. The van der Waals surface area contributed by atoms with E-state index in [2.05, 4.69) is 15.0 Å². The van der Waals surface area contributed by atoms with Crippen LogP contribution >= 0.6 is 0 Å². The Labute approximate surface area is 151 Å². The predicted molar refractivity (Wildman–Crippen MR) is 92.3 cm³/mol. The van der Waals surface area contributed by atoms with Crippen molar-refractivity contribution in [1.29, 1.82) is 0 Å². The quantitative estimate of drug-likeness (QED) is 0.708. The Morgan fingerprint density at radius 2 is 1.93 bits per heavy atom. The van der Waals surface area contributed by atoms with E-state index >= 15 is 0 Å². The van der Waals surface area contributed by atoms with Crippen molar-refractivity contribution in [3.63, 3.8) is 0 Å². The molecule has 0 unspecified atom stereocenters. The van der Waals surface area contributed by atoms with Crippen LogP contribution in [0, 0.1) is 11.6 Å². The number of benzene rings is 2. The topological polar surface area (TPSA) is 90.3 Å². The van der Waals surface area contributed by atoms with Gasteiger partial charge in [-0.25, -0.2) is 18.6 Å². The van der Waals surface area contributed by atoms with Gasteiger partial charge in [-0.1, -0.05) is 12.1 Å².